The number of hydrogen-bond donors (Lipinski definition) is 1. The van der Waals surface area contributed by atoms with Crippen LogP contribution in [0.15, 0.2) is 58.5 Å². The molecule has 0 fully saturated rings. The number of thioether (sulfide) groups is 1. The molecule has 1 N–H and O–H groups in total. The summed E-state index contributed by atoms with van der Waals surface area (Å²) in [6.07, 6.45) is 1.82. The van der Waals surface area contributed by atoms with Crippen LogP contribution in [-0.4, -0.2) is 20.7 Å². The van der Waals surface area contributed by atoms with Gasteiger partial charge < -0.3 is 5.32 Å². The highest BCUT2D eigenvalue weighted by atomic mass is 32.2. The first-order chi connectivity index (χ1) is 14.5. The van der Waals surface area contributed by atoms with Gasteiger partial charge >= 0.3 is 0 Å². The van der Waals surface area contributed by atoms with Crippen LogP contribution in [0.3, 0.4) is 0 Å². The summed E-state index contributed by atoms with van der Waals surface area (Å²) >= 11 is 1.33. The lowest BCUT2D eigenvalue weighted by molar-refractivity contribution is -0.115. The molecular formula is C24H29N3O2S. The van der Waals surface area contributed by atoms with E-state index in [1.165, 1.54) is 11.8 Å². The fraction of sp³-hybridized carbons (Fsp3) is 0.375. The van der Waals surface area contributed by atoms with Crippen LogP contribution in [-0.2, 0) is 11.3 Å². The first-order valence-electron chi connectivity index (χ1n) is 10.5. The molecule has 1 amide bonds. The number of nitrogens with one attached hydrogen (secondary N) is 1. The molecule has 0 saturated heterocycles. The maximum absolute atomic E-state index is 13.0. The van der Waals surface area contributed by atoms with Gasteiger partial charge in [0.1, 0.15) is 0 Å². The molecule has 6 heteroatoms. The average molecular weight is 424 g/mol. The normalized spacial score (nSPS) is 13.2. The maximum atomic E-state index is 13.0. The summed E-state index contributed by atoms with van der Waals surface area (Å²) in [5.74, 6) is 0.266. The molecule has 0 saturated carbocycles. The molecule has 0 radical (unpaired) electrons. The van der Waals surface area contributed by atoms with Crippen molar-refractivity contribution < 1.29 is 4.79 Å². The fourth-order valence-corrected chi connectivity index (χ4v) is 4.30. The Morgan fingerprint density at radius 1 is 1.10 bits per heavy atom. The number of amides is 1. The second kappa shape index (κ2) is 9.94. The molecule has 30 heavy (non-hydrogen) atoms. The van der Waals surface area contributed by atoms with Gasteiger partial charge in [0.25, 0.3) is 5.56 Å². The van der Waals surface area contributed by atoms with Crippen molar-refractivity contribution in [1.29, 1.82) is 0 Å². The summed E-state index contributed by atoms with van der Waals surface area (Å²) in [7, 11) is 0. The van der Waals surface area contributed by atoms with Crippen LogP contribution in [0, 0.1) is 0 Å². The first kappa shape index (κ1) is 22.1. The molecule has 1 heterocycles. The number of carbonyl (C=O) groups excluding carboxylic acids is 1. The number of para-hydroxylation sites is 2. The average Bonchev–Trinajstić information content (AvgIpc) is 2.76. The van der Waals surface area contributed by atoms with Gasteiger partial charge in [0.05, 0.1) is 16.2 Å². The van der Waals surface area contributed by atoms with Crippen LogP contribution < -0.4 is 10.9 Å². The van der Waals surface area contributed by atoms with E-state index in [4.69, 9.17) is 0 Å². The van der Waals surface area contributed by atoms with Gasteiger partial charge in [0.2, 0.25) is 5.91 Å². The molecule has 0 bridgehead atoms. The third kappa shape index (κ3) is 4.75. The van der Waals surface area contributed by atoms with Crippen LogP contribution >= 0.6 is 11.8 Å². The van der Waals surface area contributed by atoms with Crippen LogP contribution in [0.1, 0.15) is 52.0 Å². The fourth-order valence-electron chi connectivity index (χ4n) is 3.36. The highest BCUT2D eigenvalue weighted by molar-refractivity contribution is 8.00. The van der Waals surface area contributed by atoms with Crippen LogP contribution in [0.4, 0.5) is 5.69 Å². The summed E-state index contributed by atoms with van der Waals surface area (Å²) in [6, 6.07) is 15.3. The zero-order valence-corrected chi connectivity index (χ0v) is 18.8. The summed E-state index contributed by atoms with van der Waals surface area (Å²) in [4.78, 5) is 30.6. The molecule has 3 rings (SSSR count). The van der Waals surface area contributed by atoms with Crippen molar-refractivity contribution in [3.05, 3.63) is 64.4 Å². The molecule has 158 valence electrons. The first-order valence-corrected chi connectivity index (χ1v) is 11.4. The van der Waals surface area contributed by atoms with Gasteiger partial charge in [-0.05, 0) is 49.4 Å². The molecule has 1 aromatic heterocycles. The van der Waals surface area contributed by atoms with Crippen molar-refractivity contribution in [2.45, 2.75) is 63.4 Å². The highest BCUT2D eigenvalue weighted by Gasteiger charge is 2.20. The monoisotopic (exact) mass is 423 g/mol. The lowest BCUT2D eigenvalue weighted by Crippen LogP contribution is -2.27. The Morgan fingerprint density at radius 2 is 1.80 bits per heavy atom. The van der Waals surface area contributed by atoms with Crippen molar-refractivity contribution in [2.24, 2.45) is 0 Å². The topological polar surface area (TPSA) is 64.0 Å². The largest absolute Gasteiger partial charge is 0.325 e. The lowest BCUT2D eigenvalue weighted by atomic mass is 9.97. The van der Waals surface area contributed by atoms with Crippen LogP contribution in [0.2, 0.25) is 0 Å². The molecule has 0 aliphatic rings. The quantitative estimate of drug-likeness (QED) is 0.387. The summed E-state index contributed by atoms with van der Waals surface area (Å²) in [5.41, 5.74) is 2.59. The number of nitrogens with zero attached hydrogens (tertiary/aromatic N) is 2. The van der Waals surface area contributed by atoms with E-state index in [-0.39, 0.29) is 11.5 Å². The van der Waals surface area contributed by atoms with Crippen LogP contribution in [0.25, 0.3) is 10.9 Å². The van der Waals surface area contributed by atoms with Crippen molar-refractivity contribution in [3.63, 3.8) is 0 Å². The number of aromatic nitrogens is 2. The molecule has 0 aliphatic carbocycles. The summed E-state index contributed by atoms with van der Waals surface area (Å²) in [5, 5.41) is 3.87. The highest BCUT2D eigenvalue weighted by Crippen LogP contribution is 2.28. The third-order valence-electron chi connectivity index (χ3n) is 5.29. The van der Waals surface area contributed by atoms with Gasteiger partial charge in [-0.1, -0.05) is 62.9 Å². The minimum Gasteiger partial charge on any atom is -0.325 e. The van der Waals surface area contributed by atoms with E-state index in [9.17, 15) is 9.59 Å². The molecule has 0 aliphatic heterocycles. The Kier molecular flexibility index (Phi) is 7.32. The van der Waals surface area contributed by atoms with Crippen molar-refractivity contribution in [2.75, 3.05) is 5.32 Å². The van der Waals surface area contributed by atoms with Gasteiger partial charge in [-0.15, -0.1) is 0 Å². The Balaban J connectivity index is 1.86. The number of hydrogen-bond acceptors (Lipinski definition) is 4. The van der Waals surface area contributed by atoms with Crippen LogP contribution in [0.5, 0.6) is 0 Å². The van der Waals surface area contributed by atoms with E-state index in [2.05, 4.69) is 30.2 Å². The standard InChI is InChI=1S/C24H29N3O2S/c1-5-15-27-23(29)19-12-8-10-14-21(19)26-24(27)30-17(4)22(28)25-20-13-9-7-11-18(20)16(3)6-2/h7-14,16-17H,5-6,15H2,1-4H3,(H,25,28). The maximum Gasteiger partial charge on any atom is 0.262 e. The van der Waals surface area contributed by atoms with E-state index >= 15 is 0 Å². The predicted molar refractivity (Wildman–Crippen MR) is 125 cm³/mol. The minimum absolute atomic E-state index is 0.0559. The van der Waals surface area contributed by atoms with Gasteiger partial charge in [0.15, 0.2) is 5.16 Å². The SMILES string of the molecule is CCCn1c(SC(C)C(=O)Nc2ccccc2C(C)CC)nc2ccccc2c1=O. The molecule has 0 spiro atoms. The van der Waals surface area contributed by atoms with E-state index in [0.29, 0.717) is 28.5 Å². The number of benzene rings is 2. The lowest BCUT2D eigenvalue weighted by Gasteiger charge is -2.19. The number of fused-ring (bicyclic) bond motifs is 1. The molecule has 5 nitrogen and oxygen atoms in total. The zero-order chi connectivity index (χ0) is 21.7. The molecule has 2 aromatic carbocycles. The third-order valence-corrected chi connectivity index (χ3v) is 6.38. The van der Waals surface area contributed by atoms with Crippen molar-refractivity contribution in [3.8, 4) is 0 Å². The Morgan fingerprint density at radius 3 is 2.53 bits per heavy atom. The Labute approximate surface area is 181 Å². The molecule has 2 unspecified atom stereocenters. The van der Waals surface area contributed by atoms with E-state index in [0.717, 1.165) is 24.1 Å². The molecule has 2 atom stereocenters. The second-order valence-electron chi connectivity index (χ2n) is 7.51. The van der Waals surface area contributed by atoms with Crippen molar-refractivity contribution in [1.82, 2.24) is 9.55 Å². The van der Waals surface area contributed by atoms with E-state index < -0.39 is 5.25 Å². The van der Waals surface area contributed by atoms with E-state index in [1.54, 1.807) is 10.6 Å². The predicted octanol–water partition coefficient (Wildman–Crippen LogP) is 5.44. The smallest absolute Gasteiger partial charge is 0.262 e. The Bertz CT molecular complexity index is 1090. The van der Waals surface area contributed by atoms with Gasteiger partial charge in [-0.25, -0.2) is 4.98 Å². The zero-order valence-electron chi connectivity index (χ0n) is 18.0. The number of carbonyl (C=O) groups is 1. The number of anilines is 1. The number of rotatable bonds is 8. The van der Waals surface area contributed by atoms with Gasteiger partial charge in [0, 0.05) is 12.2 Å². The summed E-state index contributed by atoms with van der Waals surface area (Å²) in [6.45, 7) is 8.75. The second-order valence-corrected chi connectivity index (χ2v) is 8.82. The Hall–Kier alpha value is -2.60. The van der Waals surface area contributed by atoms with Gasteiger partial charge in [-0.3, -0.25) is 14.2 Å². The molecular weight excluding hydrogens is 394 g/mol. The summed E-state index contributed by atoms with van der Waals surface area (Å²) < 4.78 is 1.68. The van der Waals surface area contributed by atoms with Gasteiger partial charge in [-0.2, -0.15) is 0 Å². The van der Waals surface area contributed by atoms with Crippen molar-refractivity contribution >= 4 is 34.3 Å². The minimum atomic E-state index is -0.397. The molecule has 3 aromatic rings. The van der Waals surface area contributed by atoms with E-state index in [1.807, 2.05) is 50.2 Å².